The van der Waals surface area contributed by atoms with Gasteiger partial charge < -0.3 is 9.84 Å². The number of hydrogen-bond donors (Lipinski definition) is 1. The molecule has 0 radical (unpaired) electrons. The molecule has 1 aliphatic rings. The second kappa shape index (κ2) is 5.19. The molecule has 2 aromatic rings. The van der Waals surface area contributed by atoms with E-state index in [0.29, 0.717) is 18.6 Å². The average molecular weight is 306 g/mol. The van der Waals surface area contributed by atoms with Crippen molar-refractivity contribution in [2.24, 2.45) is 0 Å². The Morgan fingerprint density at radius 3 is 2.64 bits per heavy atom. The molecule has 4 nitrogen and oxygen atoms in total. The van der Waals surface area contributed by atoms with Crippen LogP contribution in [0.3, 0.4) is 0 Å². The average Bonchev–Trinajstić information content (AvgIpc) is 3.06. The first-order chi connectivity index (χ1) is 10.4. The maximum absolute atomic E-state index is 13.9. The molecule has 0 atom stereocenters. The monoisotopic (exact) mass is 306 g/mol. The molecule has 1 saturated carbocycles. The van der Waals surface area contributed by atoms with Crippen LogP contribution in [0.5, 0.6) is 0 Å². The van der Waals surface area contributed by atoms with E-state index < -0.39 is 23.1 Å². The van der Waals surface area contributed by atoms with Gasteiger partial charge in [-0.15, -0.1) is 0 Å². The third-order valence-electron chi connectivity index (χ3n) is 3.88. The van der Waals surface area contributed by atoms with Gasteiger partial charge in [-0.25, -0.2) is 8.78 Å². The summed E-state index contributed by atoms with van der Waals surface area (Å²) in [5.41, 5.74) is -0.527. The zero-order valence-corrected chi connectivity index (χ0v) is 12.3. The minimum atomic E-state index is -0.847. The molecule has 1 fully saturated rings. The largest absolute Gasteiger partial charge is 0.360 e. The SMILES string of the molecule is CC(C)c1cc(C(=O)NC2(c3cc(F)ccc3F)CC2)no1. The van der Waals surface area contributed by atoms with E-state index in [1.165, 1.54) is 0 Å². The van der Waals surface area contributed by atoms with Gasteiger partial charge in [-0.1, -0.05) is 19.0 Å². The van der Waals surface area contributed by atoms with Gasteiger partial charge in [0.05, 0.1) is 5.54 Å². The van der Waals surface area contributed by atoms with E-state index in [2.05, 4.69) is 10.5 Å². The number of halogens is 2. The van der Waals surface area contributed by atoms with Crippen molar-refractivity contribution in [3.63, 3.8) is 0 Å². The molecule has 0 aliphatic heterocycles. The second-order valence-electron chi connectivity index (χ2n) is 5.93. The number of nitrogens with one attached hydrogen (secondary N) is 1. The molecule has 3 rings (SSSR count). The van der Waals surface area contributed by atoms with E-state index in [9.17, 15) is 13.6 Å². The van der Waals surface area contributed by atoms with Crippen LogP contribution in [0.1, 0.15) is 54.4 Å². The smallest absolute Gasteiger partial charge is 0.274 e. The van der Waals surface area contributed by atoms with Gasteiger partial charge in [-0.3, -0.25) is 4.79 Å². The third kappa shape index (κ3) is 2.61. The van der Waals surface area contributed by atoms with Crippen LogP contribution in [0.4, 0.5) is 8.78 Å². The zero-order chi connectivity index (χ0) is 15.9. The first-order valence-corrected chi connectivity index (χ1v) is 7.16. The molecule has 0 spiro atoms. The summed E-state index contributed by atoms with van der Waals surface area (Å²) >= 11 is 0. The molecule has 0 bridgehead atoms. The maximum atomic E-state index is 13.9. The molecule has 116 valence electrons. The van der Waals surface area contributed by atoms with Crippen LogP contribution in [0, 0.1) is 11.6 Å². The number of benzene rings is 1. The fraction of sp³-hybridized carbons (Fsp3) is 0.375. The summed E-state index contributed by atoms with van der Waals surface area (Å²) in [5, 5.41) is 6.48. The normalized spacial score (nSPS) is 15.9. The Morgan fingerprint density at radius 2 is 2.05 bits per heavy atom. The van der Waals surface area contributed by atoms with Crippen molar-refractivity contribution < 1.29 is 18.1 Å². The van der Waals surface area contributed by atoms with Crippen LogP contribution in [-0.2, 0) is 5.54 Å². The molecule has 0 saturated heterocycles. The first-order valence-electron chi connectivity index (χ1n) is 7.16. The predicted octanol–water partition coefficient (Wildman–Crippen LogP) is 3.50. The number of aromatic nitrogens is 1. The van der Waals surface area contributed by atoms with E-state index in [1.807, 2.05) is 13.8 Å². The minimum Gasteiger partial charge on any atom is -0.360 e. The summed E-state index contributed by atoms with van der Waals surface area (Å²) < 4.78 is 32.4. The number of carbonyl (C=O) groups is 1. The van der Waals surface area contributed by atoms with Crippen molar-refractivity contribution in [2.75, 3.05) is 0 Å². The van der Waals surface area contributed by atoms with Crippen molar-refractivity contribution in [1.29, 1.82) is 0 Å². The minimum absolute atomic E-state index is 0.115. The number of hydrogen-bond acceptors (Lipinski definition) is 3. The Bertz CT molecular complexity index is 721. The van der Waals surface area contributed by atoms with Crippen molar-refractivity contribution in [3.8, 4) is 0 Å². The highest BCUT2D eigenvalue weighted by atomic mass is 19.1. The fourth-order valence-corrected chi connectivity index (χ4v) is 2.40. The molecular formula is C16H16F2N2O2. The molecule has 1 aromatic carbocycles. The van der Waals surface area contributed by atoms with E-state index in [1.54, 1.807) is 6.07 Å². The lowest BCUT2D eigenvalue weighted by Crippen LogP contribution is -2.35. The zero-order valence-electron chi connectivity index (χ0n) is 12.3. The van der Waals surface area contributed by atoms with E-state index in [-0.39, 0.29) is 17.2 Å². The second-order valence-corrected chi connectivity index (χ2v) is 5.93. The van der Waals surface area contributed by atoms with E-state index in [4.69, 9.17) is 4.52 Å². The Kier molecular flexibility index (Phi) is 3.47. The molecule has 22 heavy (non-hydrogen) atoms. The first kappa shape index (κ1) is 14.7. The van der Waals surface area contributed by atoms with E-state index in [0.717, 1.165) is 18.2 Å². The van der Waals surface area contributed by atoms with Crippen LogP contribution < -0.4 is 5.32 Å². The van der Waals surface area contributed by atoms with Gasteiger partial charge >= 0.3 is 0 Å². The summed E-state index contributed by atoms with van der Waals surface area (Å²) in [6.07, 6.45) is 1.13. The van der Waals surface area contributed by atoms with Crippen LogP contribution in [0.25, 0.3) is 0 Å². The highest BCUT2D eigenvalue weighted by Gasteiger charge is 2.48. The maximum Gasteiger partial charge on any atom is 0.274 e. The topological polar surface area (TPSA) is 55.1 Å². The lowest BCUT2D eigenvalue weighted by atomic mass is 10.0. The standard InChI is InChI=1S/C16H16F2N2O2/c1-9(2)14-8-13(20-22-14)15(21)19-16(5-6-16)11-7-10(17)3-4-12(11)18/h3-4,7-9H,5-6H2,1-2H3,(H,19,21). The summed E-state index contributed by atoms with van der Waals surface area (Å²) in [5.74, 6) is -0.781. The molecule has 0 unspecified atom stereocenters. The molecule has 1 aliphatic carbocycles. The Morgan fingerprint density at radius 1 is 1.32 bits per heavy atom. The molecule has 1 amide bonds. The molecule has 1 N–H and O–H groups in total. The van der Waals surface area contributed by atoms with Gasteiger partial charge in [0.25, 0.3) is 5.91 Å². The van der Waals surface area contributed by atoms with Crippen LogP contribution in [0.2, 0.25) is 0 Å². The van der Waals surface area contributed by atoms with Crippen LogP contribution >= 0.6 is 0 Å². The molecule has 1 heterocycles. The number of carbonyl (C=O) groups excluding carboxylic acids is 1. The summed E-state index contributed by atoms with van der Waals surface area (Å²) in [6, 6.07) is 4.83. The predicted molar refractivity (Wildman–Crippen MR) is 75.3 cm³/mol. The highest BCUT2D eigenvalue weighted by molar-refractivity contribution is 5.93. The lowest BCUT2D eigenvalue weighted by molar-refractivity contribution is 0.0920. The third-order valence-corrected chi connectivity index (χ3v) is 3.88. The lowest BCUT2D eigenvalue weighted by Gasteiger charge is -2.18. The Labute approximate surface area is 126 Å². The van der Waals surface area contributed by atoms with Crippen molar-refractivity contribution in [1.82, 2.24) is 10.5 Å². The summed E-state index contributed by atoms with van der Waals surface area (Å²) in [4.78, 5) is 12.3. The van der Waals surface area contributed by atoms with Gasteiger partial charge in [0.2, 0.25) is 0 Å². The van der Waals surface area contributed by atoms with Gasteiger partial charge in [0, 0.05) is 17.5 Å². The van der Waals surface area contributed by atoms with Crippen molar-refractivity contribution in [3.05, 3.63) is 52.9 Å². The number of nitrogens with zero attached hydrogens (tertiary/aromatic N) is 1. The highest BCUT2D eigenvalue weighted by Crippen LogP contribution is 2.46. The quantitative estimate of drug-likeness (QED) is 0.940. The summed E-state index contributed by atoms with van der Waals surface area (Å²) in [6.45, 7) is 3.85. The summed E-state index contributed by atoms with van der Waals surface area (Å²) in [7, 11) is 0. The fourth-order valence-electron chi connectivity index (χ4n) is 2.40. The molecule has 1 aromatic heterocycles. The Balaban J connectivity index is 1.82. The number of amides is 1. The molecule has 6 heteroatoms. The van der Waals surface area contributed by atoms with E-state index >= 15 is 0 Å². The van der Waals surface area contributed by atoms with Crippen LogP contribution in [0.15, 0.2) is 28.8 Å². The number of rotatable bonds is 4. The van der Waals surface area contributed by atoms with Crippen LogP contribution in [-0.4, -0.2) is 11.1 Å². The van der Waals surface area contributed by atoms with Gasteiger partial charge in [-0.2, -0.15) is 0 Å². The van der Waals surface area contributed by atoms with Gasteiger partial charge in [0.1, 0.15) is 17.4 Å². The van der Waals surface area contributed by atoms with Crippen molar-refractivity contribution >= 4 is 5.91 Å². The van der Waals surface area contributed by atoms with Gasteiger partial charge in [0.15, 0.2) is 5.69 Å². The van der Waals surface area contributed by atoms with Crippen molar-refractivity contribution in [2.45, 2.75) is 38.1 Å². The Hall–Kier alpha value is -2.24. The molecular weight excluding hydrogens is 290 g/mol. The van der Waals surface area contributed by atoms with Gasteiger partial charge in [-0.05, 0) is 31.0 Å².